The summed E-state index contributed by atoms with van der Waals surface area (Å²) in [6, 6.07) is 13.6. The second-order valence-corrected chi connectivity index (χ2v) is 4.79. The summed E-state index contributed by atoms with van der Waals surface area (Å²) in [5.41, 5.74) is 0.678. The van der Waals surface area contributed by atoms with Crippen molar-refractivity contribution in [2.45, 2.75) is 6.10 Å². The summed E-state index contributed by atoms with van der Waals surface area (Å²) in [7, 11) is 0. The molecule has 0 spiro atoms. The first-order chi connectivity index (χ1) is 10.6. The Hall–Kier alpha value is -2.95. The molecule has 2 aromatic carbocycles. The number of esters is 1. The maximum Gasteiger partial charge on any atom is 0.380 e. The lowest BCUT2D eigenvalue weighted by atomic mass is 9.97. The fraction of sp³-hybridized carbons (Fsp3) is 0.0588. The Morgan fingerprint density at radius 1 is 1.00 bits per heavy atom. The second-order valence-electron chi connectivity index (χ2n) is 4.79. The average Bonchev–Trinajstić information content (AvgIpc) is 2.84. The fourth-order valence-electron chi connectivity index (χ4n) is 2.30. The van der Waals surface area contributed by atoms with Crippen molar-refractivity contribution >= 4 is 17.5 Å². The van der Waals surface area contributed by atoms with E-state index in [0.717, 1.165) is 0 Å². The molecule has 1 heterocycles. The molecule has 4 nitrogen and oxygen atoms in total. The van der Waals surface area contributed by atoms with Crippen molar-refractivity contribution < 1.29 is 23.8 Å². The number of halogens is 1. The van der Waals surface area contributed by atoms with Gasteiger partial charge in [0, 0.05) is 5.56 Å². The Balaban J connectivity index is 2.11. The molecule has 1 atom stereocenters. The van der Waals surface area contributed by atoms with E-state index < -0.39 is 23.7 Å². The molecule has 0 aliphatic carbocycles. The Morgan fingerprint density at radius 3 is 2.27 bits per heavy atom. The van der Waals surface area contributed by atoms with E-state index in [0.29, 0.717) is 11.1 Å². The molecule has 5 heteroatoms. The number of aliphatic hydroxyl groups excluding tert-OH is 1. The predicted octanol–water partition coefficient (Wildman–Crippen LogP) is 2.96. The van der Waals surface area contributed by atoms with Crippen LogP contribution >= 0.6 is 0 Å². The van der Waals surface area contributed by atoms with E-state index in [1.54, 1.807) is 30.3 Å². The lowest BCUT2D eigenvalue weighted by Gasteiger charge is -2.12. The fourth-order valence-corrected chi connectivity index (χ4v) is 2.30. The van der Waals surface area contributed by atoms with Crippen molar-refractivity contribution in [3.8, 4) is 0 Å². The zero-order valence-electron chi connectivity index (χ0n) is 11.3. The molecular weight excluding hydrogens is 287 g/mol. The summed E-state index contributed by atoms with van der Waals surface area (Å²) in [6.07, 6.45) is -1.04. The third-order valence-electron chi connectivity index (χ3n) is 3.39. The van der Waals surface area contributed by atoms with Crippen LogP contribution in [0.2, 0.25) is 0 Å². The van der Waals surface area contributed by atoms with Gasteiger partial charge in [0.2, 0.25) is 0 Å². The van der Waals surface area contributed by atoms with Gasteiger partial charge in [0.05, 0.1) is 5.57 Å². The van der Waals surface area contributed by atoms with Crippen molar-refractivity contribution in [3.05, 3.63) is 77.1 Å². The minimum Gasteiger partial charge on any atom is -0.507 e. The highest BCUT2D eigenvalue weighted by Crippen LogP contribution is 2.36. The number of Topliss-reactive ketones (excluding diaryl/α,β-unsaturated/α-hetero) is 1. The zero-order chi connectivity index (χ0) is 15.7. The molecule has 110 valence electrons. The third-order valence-corrected chi connectivity index (χ3v) is 3.39. The number of aliphatic hydroxyl groups is 1. The van der Waals surface area contributed by atoms with E-state index in [1.165, 1.54) is 24.3 Å². The third kappa shape index (κ3) is 2.37. The van der Waals surface area contributed by atoms with E-state index >= 15 is 0 Å². The number of hydrogen-bond acceptors (Lipinski definition) is 4. The lowest BCUT2D eigenvalue weighted by Crippen LogP contribution is -2.08. The molecule has 0 amide bonds. The molecule has 0 saturated carbocycles. The smallest absolute Gasteiger partial charge is 0.380 e. The maximum atomic E-state index is 13.0. The lowest BCUT2D eigenvalue weighted by molar-refractivity contribution is -0.149. The summed E-state index contributed by atoms with van der Waals surface area (Å²) in [6.45, 7) is 0. The number of cyclic esters (lactones) is 1. The molecular formula is C17H11FO4. The van der Waals surface area contributed by atoms with Crippen molar-refractivity contribution in [3.63, 3.8) is 0 Å². The summed E-state index contributed by atoms with van der Waals surface area (Å²) in [5.74, 6) is -2.69. The Labute approximate surface area is 125 Å². The average molecular weight is 298 g/mol. The molecule has 2 aromatic rings. The van der Waals surface area contributed by atoms with Crippen LogP contribution in [0.1, 0.15) is 17.2 Å². The van der Waals surface area contributed by atoms with Crippen LogP contribution in [0.25, 0.3) is 5.76 Å². The van der Waals surface area contributed by atoms with Crippen LogP contribution in [0.4, 0.5) is 4.39 Å². The van der Waals surface area contributed by atoms with E-state index in [-0.39, 0.29) is 11.3 Å². The molecule has 0 radical (unpaired) electrons. The quantitative estimate of drug-likeness (QED) is 0.401. The predicted molar refractivity (Wildman–Crippen MR) is 76.2 cm³/mol. The molecule has 0 bridgehead atoms. The second kappa shape index (κ2) is 5.44. The maximum absolute atomic E-state index is 13.0. The number of carbonyl (C=O) groups excluding carboxylic acids is 2. The minimum absolute atomic E-state index is 0.136. The number of carbonyl (C=O) groups is 2. The van der Waals surface area contributed by atoms with Gasteiger partial charge in [0.25, 0.3) is 5.78 Å². The summed E-state index contributed by atoms with van der Waals surface area (Å²) in [4.78, 5) is 23.6. The van der Waals surface area contributed by atoms with Gasteiger partial charge in [-0.05, 0) is 17.7 Å². The van der Waals surface area contributed by atoms with Gasteiger partial charge in [-0.25, -0.2) is 9.18 Å². The highest BCUT2D eigenvalue weighted by atomic mass is 19.1. The summed E-state index contributed by atoms with van der Waals surface area (Å²) >= 11 is 0. The SMILES string of the molecule is O=C1O[C@@H](c2ccc(F)cc2)/C(=C(\O)c2ccccc2)C1=O. The number of benzene rings is 2. The summed E-state index contributed by atoms with van der Waals surface area (Å²) in [5, 5.41) is 10.3. The molecule has 1 fully saturated rings. The van der Waals surface area contributed by atoms with Gasteiger partial charge >= 0.3 is 5.97 Å². The Morgan fingerprint density at radius 2 is 1.64 bits per heavy atom. The van der Waals surface area contributed by atoms with Gasteiger partial charge in [-0.15, -0.1) is 0 Å². The first-order valence-corrected chi connectivity index (χ1v) is 6.57. The van der Waals surface area contributed by atoms with Crippen molar-refractivity contribution in [2.75, 3.05) is 0 Å². The zero-order valence-corrected chi connectivity index (χ0v) is 11.3. The van der Waals surface area contributed by atoms with Crippen molar-refractivity contribution in [1.29, 1.82) is 0 Å². The van der Waals surface area contributed by atoms with Gasteiger partial charge in [0.15, 0.2) is 6.10 Å². The van der Waals surface area contributed by atoms with Crippen LogP contribution in [-0.4, -0.2) is 16.9 Å². The van der Waals surface area contributed by atoms with Crippen LogP contribution in [-0.2, 0) is 14.3 Å². The summed E-state index contributed by atoms with van der Waals surface area (Å²) < 4.78 is 18.0. The Kier molecular flexibility index (Phi) is 3.47. The van der Waals surface area contributed by atoms with E-state index in [9.17, 15) is 19.1 Å². The van der Waals surface area contributed by atoms with Crippen LogP contribution in [0, 0.1) is 5.82 Å². The van der Waals surface area contributed by atoms with Gasteiger partial charge < -0.3 is 9.84 Å². The van der Waals surface area contributed by atoms with Gasteiger partial charge in [-0.3, -0.25) is 4.79 Å². The molecule has 0 unspecified atom stereocenters. The molecule has 1 N–H and O–H groups in total. The highest BCUT2D eigenvalue weighted by Gasteiger charge is 2.42. The minimum atomic E-state index is -1.04. The van der Waals surface area contributed by atoms with Crippen LogP contribution in [0.15, 0.2) is 60.2 Å². The first-order valence-electron chi connectivity index (χ1n) is 6.57. The topological polar surface area (TPSA) is 63.6 Å². The number of ketones is 1. The van der Waals surface area contributed by atoms with Gasteiger partial charge in [-0.2, -0.15) is 0 Å². The van der Waals surface area contributed by atoms with E-state index in [2.05, 4.69) is 0 Å². The first kappa shape index (κ1) is 14.0. The van der Waals surface area contributed by atoms with Crippen LogP contribution in [0.5, 0.6) is 0 Å². The molecule has 22 heavy (non-hydrogen) atoms. The van der Waals surface area contributed by atoms with Crippen LogP contribution in [0.3, 0.4) is 0 Å². The van der Waals surface area contributed by atoms with Gasteiger partial charge in [-0.1, -0.05) is 42.5 Å². The number of hydrogen-bond donors (Lipinski definition) is 1. The van der Waals surface area contributed by atoms with Crippen molar-refractivity contribution in [1.82, 2.24) is 0 Å². The highest BCUT2D eigenvalue weighted by molar-refractivity contribution is 6.44. The largest absolute Gasteiger partial charge is 0.507 e. The number of rotatable bonds is 2. The van der Waals surface area contributed by atoms with E-state index in [4.69, 9.17) is 4.74 Å². The Bertz CT molecular complexity index is 763. The van der Waals surface area contributed by atoms with Gasteiger partial charge in [0.1, 0.15) is 11.6 Å². The molecule has 0 aromatic heterocycles. The monoisotopic (exact) mass is 298 g/mol. The molecule has 1 saturated heterocycles. The molecule has 1 aliphatic heterocycles. The number of ether oxygens (including phenoxy) is 1. The standard InChI is InChI=1S/C17H11FO4/c18-12-8-6-11(7-9-12)16-13(15(20)17(21)22-16)14(19)10-4-2-1-3-5-10/h1-9,16,19H/b14-13-/t16-/m0/s1. The van der Waals surface area contributed by atoms with Crippen molar-refractivity contribution in [2.24, 2.45) is 0 Å². The molecule has 3 rings (SSSR count). The normalized spacial score (nSPS) is 20.0. The van der Waals surface area contributed by atoms with Crippen LogP contribution < -0.4 is 0 Å². The molecule has 1 aliphatic rings. The van der Waals surface area contributed by atoms with E-state index in [1.807, 2.05) is 0 Å².